The molecule has 0 radical (unpaired) electrons. The summed E-state index contributed by atoms with van der Waals surface area (Å²) < 4.78 is 0. The Morgan fingerprint density at radius 2 is 1.88 bits per heavy atom. The highest BCUT2D eigenvalue weighted by Crippen LogP contribution is 2.11. The normalized spacial score (nSPS) is 9.50. The summed E-state index contributed by atoms with van der Waals surface area (Å²) in [5.74, 6) is -1.35. The second-order valence-electron chi connectivity index (χ2n) is 3.04. The summed E-state index contributed by atoms with van der Waals surface area (Å²) in [7, 11) is 0. The number of carbonyl (C=O) groups excluding carboxylic acids is 1. The van der Waals surface area contributed by atoms with E-state index in [9.17, 15) is 14.5 Å². The van der Waals surface area contributed by atoms with E-state index < -0.39 is 5.97 Å². The van der Waals surface area contributed by atoms with Gasteiger partial charge in [-0.15, -0.1) is 4.91 Å². The molecule has 1 amide bonds. The average molecular weight is 222 g/mol. The molecule has 0 saturated carbocycles. The molecule has 16 heavy (non-hydrogen) atoms. The monoisotopic (exact) mass is 222 g/mol. The Labute approximate surface area is 91.3 Å². The van der Waals surface area contributed by atoms with Crippen molar-refractivity contribution in [2.24, 2.45) is 5.18 Å². The molecule has 0 aliphatic rings. The number of carboxylic acids is 1. The molecule has 0 aliphatic carbocycles. The van der Waals surface area contributed by atoms with Crippen LogP contribution in [-0.2, 0) is 4.79 Å². The molecule has 1 aromatic rings. The molecule has 0 spiro atoms. The van der Waals surface area contributed by atoms with Crippen LogP contribution in [0.1, 0.15) is 16.8 Å². The average Bonchev–Trinajstić information content (AvgIpc) is 2.28. The van der Waals surface area contributed by atoms with Crippen LogP contribution in [0.15, 0.2) is 29.4 Å². The number of carboxylic acid groups (broad SMARTS) is 1. The summed E-state index contributed by atoms with van der Waals surface area (Å²) in [6, 6.07) is 5.73. The number of hydrogen-bond acceptors (Lipinski definition) is 4. The molecule has 0 saturated heterocycles. The van der Waals surface area contributed by atoms with Crippen LogP contribution in [0.5, 0.6) is 0 Å². The highest BCUT2D eigenvalue weighted by molar-refractivity contribution is 5.94. The van der Waals surface area contributed by atoms with E-state index in [1.54, 1.807) is 0 Å². The van der Waals surface area contributed by atoms with Crippen molar-refractivity contribution in [2.75, 3.05) is 6.54 Å². The molecule has 0 unspecified atom stereocenters. The van der Waals surface area contributed by atoms with Gasteiger partial charge in [0.1, 0.15) is 5.69 Å². The first-order chi connectivity index (χ1) is 7.63. The lowest BCUT2D eigenvalue weighted by molar-refractivity contribution is -0.136. The van der Waals surface area contributed by atoms with Gasteiger partial charge in [0.05, 0.1) is 6.42 Å². The van der Waals surface area contributed by atoms with Crippen LogP contribution in [-0.4, -0.2) is 23.5 Å². The fraction of sp³-hybridized carbons (Fsp3) is 0.200. The SMILES string of the molecule is O=Nc1ccc(C(=O)NCCC(=O)O)cc1. The third-order valence-corrected chi connectivity index (χ3v) is 1.86. The minimum atomic E-state index is -0.971. The third-order valence-electron chi connectivity index (χ3n) is 1.86. The van der Waals surface area contributed by atoms with Crippen LogP contribution in [0.25, 0.3) is 0 Å². The minimum Gasteiger partial charge on any atom is -0.481 e. The molecule has 1 rings (SSSR count). The number of aliphatic carboxylic acids is 1. The molecule has 0 bridgehead atoms. The fourth-order valence-electron chi connectivity index (χ4n) is 1.06. The van der Waals surface area contributed by atoms with Crippen LogP contribution in [0.3, 0.4) is 0 Å². The molecule has 0 fully saturated rings. The van der Waals surface area contributed by atoms with E-state index in [4.69, 9.17) is 5.11 Å². The lowest BCUT2D eigenvalue weighted by Gasteiger charge is -2.02. The minimum absolute atomic E-state index is 0.0713. The van der Waals surface area contributed by atoms with Crippen molar-refractivity contribution < 1.29 is 14.7 Å². The van der Waals surface area contributed by atoms with Crippen LogP contribution in [0.2, 0.25) is 0 Å². The van der Waals surface area contributed by atoms with Gasteiger partial charge in [-0.3, -0.25) is 9.59 Å². The van der Waals surface area contributed by atoms with E-state index in [1.807, 2.05) is 0 Å². The molecular formula is C10H10N2O4. The van der Waals surface area contributed by atoms with Gasteiger partial charge in [0.15, 0.2) is 0 Å². The molecule has 84 valence electrons. The van der Waals surface area contributed by atoms with Crippen molar-refractivity contribution in [3.63, 3.8) is 0 Å². The maximum Gasteiger partial charge on any atom is 0.305 e. The van der Waals surface area contributed by atoms with E-state index in [0.29, 0.717) is 5.56 Å². The van der Waals surface area contributed by atoms with Gasteiger partial charge in [-0.2, -0.15) is 0 Å². The Morgan fingerprint density at radius 3 is 2.38 bits per heavy atom. The highest BCUT2D eigenvalue weighted by Gasteiger charge is 2.05. The first-order valence-corrected chi connectivity index (χ1v) is 4.57. The summed E-state index contributed by atoms with van der Waals surface area (Å²) in [6.07, 6.45) is -0.125. The van der Waals surface area contributed by atoms with Crippen LogP contribution >= 0.6 is 0 Å². The van der Waals surface area contributed by atoms with Crippen molar-refractivity contribution >= 4 is 17.6 Å². The quantitative estimate of drug-likeness (QED) is 0.733. The fourth-order valence-corrected chi connectivity index (χ4v) is 1.06. The third kappa shape index (κ3) is 3.49. The number of nitrogens with zero attached hydrogens (tertiary/aromatic N) is 1. The summed E-state index contributed by atoms with van der Waals surface area (Å²) in [5, 5.41) is 13.5. The van der Waals surface area contributed by atoms with E-state index in [-0.39, 0.29) is 24.6 Å². The van der Waals surface area contributed by atoms with Gasteiger partial charge in [0.2, 0.25) is 0 Å². The van der Waals surface area contributed by atoms with Gasteiger partial charge < -0.3 is 10.4 Å². The topological polar surface area (TPSA) is 95.8 Å². The Balaban J connectivity index is 2.52. The number of benzene rings is 1. The van der Waals surface area contributed by atoms with Crippen molar-refractivity contribution in [1.82, 2.24) is 5.32 Å². The molecule has 6 heteroatoms. The molecule has 0 atom stereocenters. The van der Waals surface area contributed by atoms with Crippen molar-refractivity contribution in [3.05, 3.63) is 34.7 Å². The molecule has 1 aromatic carbocycles. The predicted octanol–water partition coefficient (Wildman–Crippen LogP) is 1.29. The number of nitrogens with one attached hydrogen (secondary N) is 1. The highest BCUT2D eigenvalue weighted by atomic mass is 16.4. The summed E-state index contributed by atoms with van der Waals surface area (Å²) >= 11 is 0. The van der Waals surface area contributed by atoms with E-state index in [0.717, 1.165) is 0 Å². The van der Waals surface area contributed by atoms with Crippen LogP contribution < -0.4 is 5.32 Å². The zero-order valence-corrected chi connectivity index (χ0v) is 8.34. The first kappa shape index (κ1) is 11.8. The summed E-state index contributed by atoms with van der Waals surface area (Å²) in [4.78, 5) is 31.7. The van der Waals surface area contributed by atoms with Gasteiger partial charge in [-0.25, -0.2) is 0 Å². The zero-order valence-electron chi connectivity index (χ0n) is 8.34. The molecule has 0 heterocycles. The molecule has 0 aliphatic heterocycles. The van der Waals surface area contributed by atoms with Gasteiger partial charge in [-0.1, -0.05) is 0 Å². The van der Waals surface area contributed by atoms with Crippen molar-refractivity contribution in [3.8, 4) is 0 Å². The molecule has 0 aromatic heterocycles. The largest absolute Gasteiger partial charge is 0.481 e. The van der Waals surface area contributed by atoms with Gasteiger partial charge in [0, 0.05) is 12.1 Å². The van der Waals surface area contributed by atoms with Crippen molar-refractivity contribution in [2.45, 2.75) is 6.42 Å². The van der Waals surface area contributed by atoms with Crippen LogP contribution in [0.4, 0.5) is 5.69 Å². The zero-order chi connectivity index (χ0) is 12.0. The number of amides is 1. The summed E-state index contributed by atoms with van der Waals surface area (Å²) in [6.45, 7) is 0.0713. The van der Waals surface area contributed by atoms with E-state index in [1.165, 1.54) is 24.3 Å². The maximum absolute atomic E-state index is 11.4. The molecule has 2 N–H and O–H groups in total. The van der Waals surface area contributed by atoms with Gasteiger partial charge in [0.25, 0.3) is 5.91 Å². The van der Waals surface area contributed by atoms with Gasteiger partial charge >= 0.3 is 5.97 Å². The number of nitroso groups, excluding NO2 is 1. The second kappa shape index (κ2) is 5.59. The molecule has 6 nitrogen and oxygen atoms in total. The smallest absolute Gasteiger partial charge is 0.305 e. The Hall–Kier alpha value is -2.24. The maximum atomic E-state index is 11.4. The predicted molar refractivity (Wildman–Crippen MR) is 56.5 cm³/mol. The van der Waals surface area contributed by atoms with Crippen molar-refractivity contribution in [1.29, 1.82) is 0 Å². The lowest BCUT2D eigenvalue weighted by atomic mass is 10.2. The van der Waals surface area contributed by atoms with E-state index >= 15 is 0 Å². The Morgan fingerprint density at radius 1 is 1.25 bits per heavy atom. The van der Waals surface area contributed by atoms with E-state index in [2.05, 4.69) is 10.5 Å². The van der Waals surface area contributed by atoms with Crippen LogP contribution in [0, 0.1) is 4.91 Å². The Bertz CT molecular complexity index is 400. The van der Waals surface area contributed by atoms with Gasteiger partial charge in [-0.05, 0) is 29.4 Å². The Kier molecular flexibility index (Phi) is 4.14. The second-order valence-corrected chi connectivity index (χ2v) is 3.04. The summed E-state index contributed by atoms with van der Waals surface area (Å²) in [5.41, 5.74) is 0.597. The standard InChI is InChI=1S/C10H10N2O4/c13-9(14)5-6-11-10(15)7-1-3-8(12-16)4-2-7/h1-4H,5-6H2,(H,11,15)(H,13,14). The number of carbonyl (C=O) groups is 2. The first-order valence-electron chi connectivity index (χ1n) is 4.57. The number of rotatable bonds is 5. The lowest BCUT2D eigenvalue weighted by Crippen LogP contribution is -2.25. The molecular weight excluding hydrogens is 212 g/mol. The number of hydrogen-bond donors (Lipinski definition) is 2.